The molecule has 2 aromatic rings. The number of hydrogen-bond donors (Lipinski definition) is 1. The average Bonchev–Trinajstić information content (AvgIpc) is 2.28. The number of fused-ring (bicyclic) bond motifs is 1. The van der Waals surface area contributed by atoms with Gasteiger partial charge in [0.1, 0.15) is 0 Å². The van der Waals surface area contributed by atoms with Crippen LogP contribution >= 0.6 is 15.9 Å². The Hall–Kier alpha value is -1.30. The van der Waals surface area contributed by atoms with Gasteiger partial charge >= 0.3 is 0 Å². The van der Waals surface area contributed by atoms with Crippen molar-refractivity contribution in [2.75, 3.05) is 0 Å². The highest BCUT2D eigenvalue weighted by atomic mass is 79.9. The molecule has 16 heavy (non-hydrogen) atoms. The zero-order valence-corrected chi connectivity index (χ0v) is 10.4. The van der Waals surface area contributed by atoms with Crippen LogP contribution in [0.2, 0.25) is 0 Å². The maximum atomic E-state index is 5.97. The lowest BCUT2D eigenvalue weighted by molar-refractivity contribution is 0.756. The van der Waals surface area contributed by atoms with E-state index in [0.29, 0.717) is 6.42 Å². The van der Waals surface area contributed by atoms with Crippen molar-refractivity contribution in [3.8, 4) is 12.3 Å². The summed E-state index contributed by atoms with van der Waals surface area (Å²) in [5.74, 6) is 2.59. The Bertz CT molecular complexity index is 554. The number of terminal acetylenes is 1. The van der Waals surface area contributed by atoms with Gasteiger partial charge in [-0.15, -0.1) is 12.3 Å². The van der Waals surface area contributed by atoms with Gasteiger partial charge in [-0.3, -0.25) is 0 Å². The van der Waals surface area contributed by atoms with Gasteiger partial charge in [0.25, 0.3) is 0 Å². The van der Waals surface area contributed by atoms with Crippen LogP contribution in [-0.4, -0.2) is 0 Å². The molecule has 2 N–H and O–H groups in total. The summed E-state index contributed by atoms with van der Waals surface area (Å²) in [6, 6.07) is 12.3. The van der Waals surface area contributed by atoms with Crippen LogP contribution in [0.4, 0.5) is 0 Å². The van der Waals surface area contributed by atoms with Crippen LogP contribution in [0.15, 0.2) is 40.9 Å². The molecule has 0 aromatic heterocycles. The molecule has 0 heterocycles. The standard InChI is InChI=1S/C14H12BrN/c1-2-3-14(16)12-5-4-11-9-13(15)7-6-10(11)8-12/h1,4-9,14H,3,16H2. The minimum Gasteiger partial charge on any atom is -0.323 e. The van der Waals surface area contributed by atoms with Crippen molar-refractivity contribution in [3.05, 3.63) is 46.4 Å². The molecule has 0 amide bonds. The topological polar surface area (TPSA) is 26.0 Å². The van der Waals surface area contributed by atoms with Gasteiger partial charge in [-0.1, -0.05) is 34.1 Å². The smallest absolute Gasteiger partial charge is 0.0405 e. The SMILES string of the molecule is C#CCC(N)c1ccc2cc(Br)ccc2c1. The van der Waals surface area contributed by atoms with Gasteiger partial charge in [0, 0.05) is 16.9 Å². The predicted molar refractivity (Wildman–Crippen MR) is 72.0 cm³/mol. The molecule has 0 bridgehead atoms. The van der Waals surface area contributed by atoms with E-state index < -0.39 is 0 Å². The molecule has 2 aromatic carbocycles. The van der Waals surface area contributed by atoms with E-state index in [-0.39, 0.29) is 6.04 Å². The van der Waals surface area contributed by atoms with Crippen molar-refractivity contribution in [1.29, 1.82) is 0 Å². The first kappa shape index (κ1) is 11.2. The second-order valence-electron chi connectivity index (χ2n) is 3.77. The fourth-order valence-corrected chi connectivity index (χ4v) is 2.09. The van der Waals surface area contributed by atoms with Crippen molar-refractivity contribution in [3.63, 3.8) is 0 Å². The maximum Gasteiger partial charge on any atom is 0.0405 e. The molecule has 0 spiro atoms. The van der Waals surface area contributed by atoms with Gasteiger partial charge in [-0.2, -0.15) is 0 Å². The average molecular weight is 274 g/mol. The van der Waals surface area contributed by atoms with Crippen molar-refractivity contribution in [1.82, 2.24) is 0 Å². The van der Waals surface area contributed by atoms with E-state index >= 15 is 0 Å². The molecule has 80 valence electrons. The van der Waals surface area contributed by atoms with Crippen LogP contribution in [0.25, 0.3) is 10.8 Å². The van der Waals surface area contributed by atoms with Gasteiger partial charge in [0.2, 0.25) is 0 Å². The molecule has 0 saturated heterocycles. The number of hydrogen-bond acceptors (Lipinski definition) is 1. The monoisotopic (exact) mass is 273 g/mol. The van der Waals surface area contributed by atoms with Gasteiger partial charge in [0.05, 0.1) is 0 Å². The van der Waals surface area contributed by atoms with Crippen LogP contribution in [0.3, 0.4) is 0 Å². The Morgan fingerprint density at radius 2 is 1.88 bits per heavy atom. The molecule has 0 saturated carbocycles. The van der Waals surface area contributed by atoms with Crippen molar-refractivity contribution in [2.45, 2.75) is 12.5 Å². The van der Waals surface area contributed by atoms with Gasteiger partial charge in [-0.05, 0) is 34.5 Å². The van der Waals surface area contributed by atoms with Crippen molar-refractivity contribution < 1.29 is 0 Å². The zero-order valence-electron chi connectivity index (χ0n) is 8.78. The van der Waals surface area contributed by atoms with Crippen molar-refractivity contribution in [2.24, 2.45) is 5.73 Å². The quantitative estimate of drug-likeness (QED) is 0.831. The Morgan fingerprint density at radius 1 is 1.19 bits per heavy atom. The lowest BCUT2D eigenvalue weighted by Crippen LogP contribution is -2.08. The lowest BCUT2D eigenvalue weighted by Gasteiger charge is -2.09. The Balaban J connectivity index is 2.45. The molecule has 0 aliphatic heterocycles. The summed E-state index contributed by atoms with van der Waals surface area (Å²) in [6.07, 6.45) is 5.83. The van der Waals surface area contributed by atoms with Crippen molar-refractivity contribution >= 4 is 26.7 Å². The third-order valence-electron chi connectivity index (χ3n) is 2.59. The maximum absolute atomic E-state index is 5.97. The number of nitrogens with two attached hydrogens (primary N) is 1. The second kappa shape index (κ2) is 4.69. The van der Waals surface area contributed by atoms with Crippen LogP contribution in [0, 0.1) is 12.3 Å². The molecular formula is C14H12BrN. The lowest BCUT2D eigenvalue weighted by atomic mass is 10.0. The summed E-state index contributed by atoms with van der Waals surface area (Å²) >= 11 is 3.45. The fraction of sp³-hybridized carbons (Fsp3) is 0.143. The summed E-state index contributed by atoms with van der Waals surface area (Å²) in [6.45, 7) is 0. The van der Waals surface area contributed by atoms with Crippen LogP contribution in [0.5, 0.6) is 0 Å². The van der Waals surface area contributed by atoms with Crippen LogP contribution < -0.4 is 5.73 Å². The highest BCUT2D eigenvalue weighted by Gasteiger charge is 2.05. The molecule has 0 aliphatic carbocycles. The van der Waals surface area contributed by atoms with E-state index in [0.717, 1.165) is 10.0 Å². The minimum atomic E-state index is -0.0713. The summed E-state index contributed by atoms with van der Waals surface area (Å²) in [5, 5.41) is 2.39. The third-order valence-corrected chi connectivity index (χ3v) is 3.09. The fourth-order valence-electron chi connectivity index (χ4n) is 1.71. The van der Waals surface area contributed by atoms with Gasteiger partial charge < -0.3 is 5.73 Å². The van der Waals surface area contributed by atoms with E-state index in [4.69, 9.17) is 12.2 Å². The first-order valence-electron chi connectivity index (χ1n) is 5.09. The van der Waals surface area contributed by atoms with Crippen LogP contribution in [-0.2, 0) is 0 Å². The third kappa shape index (κ3) is 2.27. The first-order valence-corrected chi connectivity index (χ1v) is 5.88. The Labute approximate surface area is 104 Å². The summed E-state index contributed by atoms with van der Waals surface area (Å²) in [5.41, 5.74) is 7.07. The highest BCUT2D eigenvalue weighted by molar-refractivity contribution is 9.10. The zero-order chi connectivity index (χ0) is 11.5. The molecule has 0 radical (unpaired) electrons. The molecule has 1 nitrogen and oxygen atoms in total. The Kier molecular flexibility index (Phi) is 3.28. The van der Waals surface area contributed by atoms with Crippen LogP contribution in [0.1, 0.15) is 18.0 Å². The van der Waals surface area contributed by atoms with Gasteiger partial charge in [-0.25, -0.2) is 0 Å². The van der Waals surface area contributed by atoms with E-state index in [2.05, 4.69) is 46.1 Å². The number of rotatable bonds is 2. The molecule has 0 fully saturated rings. The van der Waals surface area contributed by atoms with E-state index in [1.807, 2.05) is 12.1 Å². The molecule has 2 rings (SSSR count). The largest absolute Gasteiger partial charge is 0.323 e. The first-order chi connectivity index (χ1) is 7.70. The normalized spacial score (nSPS) is 12.3. The second-order valence-corrected chi connectivity index (χ2v) is 4.68. The molecular weight excluding hydrogens is 262 g/mol. The van der Waals surface area contributed by atoms with E-state index in [1.165, 1.54) is 10.8 Å². The summed E-state index contributed by atoms with van der Waals surface area (Å²) in [4.78, 5) is 0. The number of halogens is 1. The predicted octanol–water partition coefficient (Wildman–Crippen LogP) is 3.63. The van der Waals surface area contributed by atoms with E-state index in [1.54, 1.807) is 0 Å². The Morgan fingerprint density at radius 3 is 2.62 bits per heavy atom. The molecule has 1 unspecified atom stereocenters. The van der Waals surface area contributed by atoms with Gasteiger partial charge in [0.15, 0.2) is 0 Å². The van der Waals surface area contributed by atoms with E-state index in [9.17, 15) is 0 Å². The minimum absolute atomic E-state index is 0.0713. The molecule has 2 heteroatoms. The summed E-state index contributed by atoms with van der Waals surface area (Å²) < 4.78 is 1.08. The highest BCUT2D eigenvalue weighted by Crippen LogP contribution is 2.23. The molecule has 0 aliphatic rings. The molecule has 1 atom stereocenters. The summed E-state index contributed by atoms with van der Waals surface area (Å²) in [7, 11) is 0. The number of benzene rings is 2.